The molecule has 0 spiro atoms. The van der Waals surface area contributed by atoms with Crippen molar-refractivity contribution in [2.45, 2.75) is 12.1 Å². The van der Waals surface area contributed by atoms with Gasteiger partial charge < -0.3 is 30.1 Å². The van der Waals surface area contributed by atoms with Crippen LogP contribution in [0.15, 0.2) is 126 Å². The SMILES string of the molecule is COc1ccc(COCC(=O)NCCON=C(C(=O)O)c2csc(NC(c3ccccc3)(c3ccccc3)c3ccccc3)n2)cc1. The molecule has 0 saturated heterocycles. The Labute approximate surface area is 276 Å². The second kappa shape index (κ2) is 16.2. The van der Waals surface area contributed by atoms with E-state index in [0.29, 0.717) is 5.13 Å². The Kier molecular flexibility index (Phi) is 11.3. The molecule has 0 aliphatic rings. The van der Waals surface area contributed by atoms with Crippen molar-refractivity contribution in [2.75, 3.05) is 32.2 Å². The number of hydrogen-bond acceptors (Lipinski definition) is 9. The van der Waals surface area contributed by atoms with Gasteiger partial charge in [-0.1, -0.05) is 108 Å². The number of benzene rings is 4. The fourth-order valence-corrected chi connectivity index (χ4v) is 5.71. The van der Waals surface area contributed by atoms with Crippen molar-refractivity contribution < 1.29 is 29.0 Å². The van der Waals surface area contributed by atoms with Gasteiger partial charge in [0, 0.05) is 5.38 Å². The molecule has 3 N–H and O–H groups in total. The van der Waals surface area contributed by atoms with Crippen LogP contribution in [-0.2, 0) is 31.3 Å². The Bertz CT molecular complexity index is 1670. The highest BCUT2D eigenvalue weighted by molar-refractivity contribution is 7.14. The van der Waals surface area contributed by atoms with Crippen molar-refractivity contribution in [1.82, 2.24) is 10.3 Å². The number of carbonyl (C=O) groups is 2. The van der Waals surface area contributed by atoms with Crippen molar-refractivity contribution in [3.8, 4) is 5.75 Å². The van der Waals surface area contributed by atoms with Gasteiger partial charge in [-0.3, -0.25) is 4.79 Å². The zero-order valence-electron chi connectivity index (χ0n) is 25.7. The summed E-state index contributed by atoms with van der Waals surface area (Å²) < 4.78 is 10.6. The maximum absolute atomic E-state index is 12.1. The number of hydrogen-bond donors (Lipinski definition) is 3. The third-order valence-electron chi connectivity index (χ3n) is 7.20. The maximum atomic E-state index is 12.1. The van der Waals surface area contributed by atoms with Gasteiger partial charge in [-0.25, -0.2) is 9.78 Å². The lowest BCUT2D eigenvalue weighted by molar-refractivity contribution is -0.129. The molecule has 0 fully saturated rings. The average Bonchev–Trinajstić information content (AvgIpc) is 3.57. The van der Waals surface area contributed by atoms with Crippen LogP contribution in [0.1, 0.15) is 27.9 Å². The summed E-state index contributed by atoms with van der Waals surface area (Å²) in [4.78, 5) is 34.1. The van der Waals surface area contributed by atoms with Crippen LogP contribution in [0, 0.1) is 0 Å². The molecule has 240 valence electrons. The molecule has 5 aromatic rings. The summed E-state index contributed by atoms with van der Waals surface area (Å²) >= 11 is 1.26. The summed E-state index contributed by atoms with van der Waals surface area (Å²) in [6.45, 7) is 0.197. The predicted molar refractivity (Wildman–Crippen MR) is 181 cm³/mol. The lowest BCUT2D eigenvalue weighted by atomic mass is 9.77. The number of nitrogens with one attached hydrogen (secondary N) is 2. The smallest absolute Gasteiger partial charge is 0.360 e. The number of aliphatic carboxylic acids is 1. The minimum absolute atomic E-state index is 0.0463. The van der Waals surface area contributed by atoms with E-state index in [9.17, 15) is 14.7 Å². The van der Waals surface area contributed by atoms with E-state index in [2.05, 4.69) is 20.8 Å². The molecule has 1 aromatic heterocycles. The Morgan fingerprint density at radius 3 is 1.96 bits per heavy atom. The number of oxime groups is 1. The molecule has 47 heavy (non-hydrogen) atoms. The lowest BCUT2D eigenvalue weighted by Crippen LogP contribution is -2.38. The van der Waals surface area contributed by atoms with Crippen molar-refractivity contribution in [3.05, 3.63) is 149 Å². The van der Waals surface area contributed by atoms with E-state index >= 15 is 0 Å². The first-order valence-corrected chi connectivity index (χ1v) is 15.7. The largest absolute Gasteiger partial charge is 0.497 e. The topological polar surface area (TPSA) is 131 Å². The monoisotopic (exact) mass is 650 g/mol. The summed E-state index contributed by atoms with van der Waals surface area (Å²) in [7, 11) is 1.59. The number of rotatable bonds is 16. The molecule has 11 heteroatoms. The quantitative estimate of drug-likeness (QED) is 0.0537. The van der Waals surface area contributed by atoms with Crippen molar-refractivity contribution >= 4 is 34.1 Å². The van der Waals surface area contributed by atoms with E-state index in [1.807, 2.05) is 115 Å². The Balaban J connectivity index is 1.24. The molecule has 0 unspecified atom stereocenters. The van der Waals surface area contributed by atoms with Gasteiger partial charge in [0.2, 0.25) is 11.6 Å². The normalized spacial score (nSPS) is 11.5. The fraction of sp³-hybridized carbons (Fsp3) is 0.167. The summed E-state index contributed by atoms with van der Waals surface area (Å²) in [5, 5.41) is 22.1. The molecular formula is C36H34N4O6S. The molecule has 4 aromatic carbocycles. The fourth-order valence-electron chi connectivity index (χ4n) is 4.96. The molecule has 0 aliphatic carbocycles. The number of aromatic nitrogens is 1. The molecule has 1 amide bonds. The van der Waals surface area contributed by atoms with E-state index < -0.39 is 11.5 Å². The second-order valence-corrected chi connectivity index (χ2v) is 11.1. The van der Waals surface area contributed by atoms with Gasteiger partial charge in [-0.2, -0.15) is 0 Å². The van der Waals surface area contributed by atoms with E-state index in [1.54, 1.807) is 12.5 Å². The lowest BCUT2D eigenvalue weighted by Gasteiger charge is -2.36. The highest BCUT2D eigenvalue weighted by atomic mass is 32.1. The number of methoxy groups -OCH3 is 1. The van der Waals surface area contributed by atoms with Gasteiger partial charge in [-0.05, 0) is 34.4 Å². The number of ether oxygens (including phenoxy) is 2. The maximum Gasteiger partial charge on any atom is 0.360 e. The first-order valence-electron chi connectivity index (χ1n) is 14.8. The van der Waals surface area contributed by atoms with Crippen LogP contribution >= 0.6 is 11.3 Å². The third kappa shape index (κ3) is 8.40. The van der Waals surface area contributed by atoms with Gasteiger partial charge in [0.05, 0.1) is 20.3 Å². The molecule has 1 heterocycles. The standard InChI is InChI=1S/C36H34N4O6S/c1-44-30-19-17-26(18-20-30)23-45-24-32(41)37-21-22-46-40-33(34(42)43)31-25-47-35(38-31)39-36(27-11-5-2-6-12-27,28-13-7-3-8-14-28)29-15-9-4-10-16-29/h2-20,25H,21-24H2,1H3,(H,37,41)(H,38,39)(H,42,43). The number of amides is 1. The molecule has 10 nitrogen and oxygen atoms in total. The van der Waals surface area contributed by atoms with Crippen molar-refractivity contribution in [1.29, 1.82) is 0 Å². The number of carbonyl (C=O) groups excluding carboxylic acids is 1. The molecule has 0 atom stereocenters. The zero-order chi connectivity index (χ0) is 32.9. The number of carboxylic acids is 1. The number of anilines is 1. The Morgan fingerprint density at radius 2 is 1.43 bits per heavy atom. The van der Waals surface area contributed by atoms with Gasteiger partial charge >= 0.3 is 5.97 Å². The highest BCUT2D eigenvalue weighted by Crippen LogP contribution is 2.40. The molecule has 0 radical (unpaired) electrons. The first-order chi connectivity index (χ1) is 23.0. The van der Waals surface area contributed by atoms with Crippen LogP contribution in [0.4, 0.5) is 5.13 Å². The van der Waals surface area contributed by atoms with Gasteiger partial charge in [0.25, 0.3) is 0 Å². The molecule has 0 bridgehead atoms. The van der Waals surface area contributed by atoms with Crippen molar-refractivity contribution in [3.63, 3.8) is 0 Å². The number of nitrogens with zero attached hydrogens (tertiary/aromatic N) is 2. The van der Waals surface area contributed by atoms with E-state index in [4.69, 9.17) is 14.3 Å². The molecule has 0 aliphatic heterocycles. The van der Waals surface area contributed by atoms with E-state index in [0.717, 1.165) is 28.0 Å². The molecular weight excluding hydrogens is 616 g/mol. The first kappa shape index (κ1) is 32.9. The van der Waals surface area contributed by atoms with Crippen LogP contribution in [-0.4, -0.2) is 54.5 Å². The van der Waals surface area contributed by atoms with Crippen molar-refractivity contribution in [2.24, 2.45) is 5.16 Å². The summed E-state index contributed by atoms with van der Waals surface area (Å²) in [5.74, 6) is -0.889. The van der Waals surface area contributed by atoms with Crippen LogP contribution in [0.5, 0.6) is 5.75 Å². The second-order valence-electron chi connectivity index (χ2n) is 10.3. The summed E-state index contributed by atoms with van der Waals surface area (Å²) in [6.07, 6.45) is 0. The van der Waals surface area contributed by atoms with E-state index in [1.165, 1.54) is 11.3 Å². The van der Waals surface area contributed by atoms with Crippen LogP contribution in [0.3, 0.4) is 0 Å². The highest BCUT2D eigenvalue weighted by Gasteiger charge is 2.37. The summed E-state index contributed by atoms with van der Waals surface area (Å²) in [5.41, 5.74) is 2.82. The Hall–Kier alpha value is -5.52. The van der Waals surface area contributed by atoms with Gasteiger partial charge in [0.1, 0.15) is 30.2 Å². The predicted octanol–water partition coefficient (Wildman–Crippen LogP) is 5.69. The van der Waals surface area contributed by atoms with Gasteiger partial charge in [-0.15, -0.1) is 11.3 Å². The van der Waals surface area contributed by atoms with Crippen LogP contribution < -0.4 is 15.4 Å². The minimum atomic E-state index is -1.29. The molecule has 5 rings (SSSR count). The summed E-state index contributed by atoms with van der Waals surface area (Å²) in [6, 6.07) is 37.4. The average molecular weight is 651 g/mol. The van der Waals surface area contributed by atoms with Gasteiger partial charge in [0.15, 0.2) is 5.13 Å². The zero-order valence-corrected chi connectivity index (χ0v) is 26.5. The van der Waals surface area contributed by atoms with E-state index in [-0.39, 0.29) is 43.7 Å². The Morgan fingerprint density at radius 1 is 0.851 bits per heavy atom. The molecule has 0 saturated carbocycles. The third-order valence-corrected chi connectivity index (χ3v) is 7.95. The minimum Gasteiger partial charge on any atom is -0.497 e. The number of thiazole rings is 1. The van der Waals surface area contributed by atoms with Crippen LogP contribution in [0.25, 0.3) is 0 Å². The number of carboxylic acid groups (broad SMARTS) is 1. The van der Waals surface area contributed by atoms with Crippen LogP contribution in [0.2, 0.25) is 0 Å².